The number of allylic oxidation sites excluding steroid dienone is 1. The summed E-state index contributed by atoms with van der Waals surface area (Å²) in [5.41, 5.74) is 2.31. The second kappa shape index (κ2) is 8.94. The highest BCUT2D eigenvalue weighted by molar-refractivity contribution is 6.11. The van der Waals surface area contributed by atoms with Crippen LogP contribution in [0.3, 0.4) is 0 Å². The highest BCUT2D eigenvalue weighted by atomic mass is 16.5. The predicted molar refractivity (Wildman–Crippen MR) is 102 cm³/mol. The van der Waals surface area contributed by atoms with Crippen molar-refractivity contribution in [2.75, 3.05) is 28.4 Å². The number of aryl methyl sites for hydroxylation is 1. The van der Waals surface area contributed by atoms with Gasteiger partial charge in [0.05, 0.1) is 28.4 Å². The number of hydrogen-bond donors (Lipinski definition) is 0. The summed E-state index contributed by atoms with van der Waals surface area (Å²) in [6, 6.07) is 9.29. The zero-order valence-electron chi connectivity index (χ0n) is 15.8. The summed E-state index contributed by atoms with van der Waals surface area (Å²) in [5.74, 6) is 1.69. The molecule has 0 N–H and O–H groups in total. The molecule has 2 aromatic carbocycles. The number of methoxy groups -OCH3 is 4. The van der Waals surface area contributed by atoms with Crippen LogP contribution in [0.15, 0.2) is 36.4 Å². The first kappa shape index (κ1) is 19.4. The van der Waals surface area contributed by atoms with Crippen LogP contribution in [0, 0.1) is 0 Å². The zero-order chi connectivity index (χ0) is 19.1. The summed E-state index contributed by atoms with van der Waals surface area (Å²) in [4.78, 5) is 12.9. The highest BCUT2D eigenvalue weighted by Crippen LogP contribution is 2.38. The second-order valence-corrected chi connectivity index (χ2v) is 5.51. The summed E-state index contributed by atoms with van der Waals surface area (Å²) in [6.07, 6.45) is 4.12. The maximum absolute atomic E-state index is 12.9. The van der Waals surface area contributed by atoms with Crippen molar-refractivity contribution in [1.82, 2.24) is 0 Å². The van der Waals surface area contributed by atoms with Gasteiger partial charge in [-0.3, -0.25) is 4.79 Å². The van der Waals surface area contributed by atoms with E-state index in [4.69, 9.17) is 18.9 Å². The van der Waals surface area contributed by atoms with Gasteiger partial charge >= 0.3 is 0 Å². The summed E-state index contributed by atoms with van der Waals surface area (Å²) in [7, 11) is 6.13. The van der Waals surface area contributed by atoms with Crippen LogP contribution in [0.1, 0.15) is 28.4 Å². The highest BCUT2D eigenvalue weighted by Gasteiger charge is 2.20. The summed E-state index contributed by atoms with van der Waals surface area (Å²) in [5, 5.41) is 0. The molecular formula is C21H24O5. The van der Waals surface area contributed by atoms with E-state index in [-0.39, 0.29) is 5.78 Å². The molecule has 138 valence electrons. The van der Waals surface area contributed by atoms with E-state index in [0.717, 1.165) is 17.5 Å². The minimum atomic E-state index is -0.249. The van der Waals surface area contributed by atoms with Crippen LogP contribution in [0.2, 0.25) is 0 Å². The Hall–Kier alpha value is -2.95. The van der Waals surface area contributed by atoms with E-state index in [2.05, 4.69) is 6.92 Å². The quantitative estimate of drug-likeness (QED) is 0.525. The minimum Gasteiger partial charge on any atom is -0.496 e. The lowest BCUT2D eigenvalue weighted by Gasteiger charge is -2.14. The topological polar surface area (TPSA) is 54.0 Å². The van der Waals surface area contributed by atoms with Crippen LogP contribution in [0.25, 0.3) is 6.08 Å². The number of carbonyl (C=O) groups excluding carboxylic acids is 1. The average Bonchev–Trinajstić information content (AvgIpc) is 2.70. The van der Waals surface area contributed by atoms with Crippen molar-refractivity contribution in [1.29, 1.82) is 0 Å². The van der Waals surface area contributed by atoms with Gasteiger partial charge in [0.2, 0.25) is 0 Å². The van der Waals surface area contributed by atoms with Gasteiger partial charge in [0, 0.05) is 5.56 Å². The minimum absolute atomic E-state index is 0.249. The summed E-state index contributed by atoms with van der Waals surface area (Å²) >= 11 is 0. The normalized spacial score (nSPS) is 10.7. The Morgan fingerprint density at radius 1 is 0.885 bits per heavy atom. The van der Waals surface area contributed by atoms with E-state index < -0.39 is 0 Å². The van der Waals surface area contributed by atoms with Gasteiger partial charge < -0.3 is 18.9 Å². The van der Waals surface area contributed by atoms with Crippen LogP contribution < -0.4 is 18.9 Å². The molecule has 0 amide bonds. The van der Waals surface area contributed by atoms with Gasteiger partial charge in [-0.1, -0.05) is 13.0 Å². The fourth-order valence-corrected chi connectivity index (χ4v) is 2.70. The van der Waals surface area contributed by atoms with Gasteiger partial charge in [-0.2, -0.15) is 0 Å². The van der Waals surface area contributed by atoms with Gasteiger partial charge in [-0.05, 0) is 48.4 Å². The van der Waals surface area contributed by atoms with Crippen LogP contribution in [-0.4, -0.2) is 34.2 Å². The molecule has 0 bridgehead atoms. The molecule has 0 saturated carbocycles. The lowest BCUT2D eigenvalue weighted by Crippen LogP contribution is -2.04. The van der Waals surface area contributed by atoms with Crippen molar-refractivity contribution < 1.29 is 23.7 Å². The largest absolute Gasteiger partial charge is 0.496 e. The first-order valence-electron chi connectivity index (χ1n) is 8.27. The SMILES string of the molecule is CCc1ccc(OC)c(/C=C/C(=O)c2c(OC)ccc(OC)c2OC)c1. The lowest BCUT2D eigenvalue weighted by atomic mass is 10.0. The second-order valence-electron chi connectivity index (χ2n) is 5.51. The van der Waals surface area contributed by atoms with Crippen LogP contribution in [0.4, 0.5) is 0 Å². The molecule has 0 aliphatic heterocycles. The van der Waals surface area contributed by atoms with Gasteiger partial charge in [-0.15, -0.1) is 0 Å². The van der Waals surface area contributed by atoms with E-state index in [9.17, 15) is 4.79 Å². The molecule has 2 rings (SSSR count). The van der Waals surface area contributed by atoms with E-state index in [1.165, 1.54) is 27.4 Å². The molecule has 5 heteroatoms. The Labute approximate surface area is 154 Å². The summed E-state index contributed by atoms with van der Waals surface area (Å²) in [6.45, 7) is 2.08. The Balaban J connectivity index is 2.46. The number of ketones is 1. The third-order valence-corrected chi connectivity index (χ3v) is 4.09. The van der Waals surface area contributed by atoms with Gasteiger partial charge in [-0.25, -0.2) is 0 Å². The zero-order valence-corrected chi connectivity index (χ0v) is 15.8. The van der Waals surface area contributed by atoms with E-state index >= 15 is 0 Å². The molecule has 0 aliphatic carbocycles. The molecule has 0 spiro atoms. The predicted octanol–water partition coefficient (Wildman–Crippen LogP) is 4.18. The molecule has 0 atom stereocenters. The third-order valence-electron chi connectivity index (χ3n) is 4.09. The molecule has 0 heterocycles. The van der Waals surface area contributed by atoms with Crippen LogP contribution >= 0.6 is 0 Å². The van der Waals surface area contributed by atoms with E-state index in [1.807, 2.05) is 18.2 Å². The van der Waals surface area contributed by atoms with Crippen molar-refractivity contribution in [2.24, 2.45) is 0 Å². The molecule has 0 unspecified atom stereocenters. The van der Waals surface area contributed by atoms with Crippen molar-refractivity contribution in [3.63, 3.8) is 0 Å². The number of ether oxygens (including phenoxy) is 4. The average molecular weight is 356 g/mol. The van der Waals surface area contributed by atoms with Gasteiger partial charge in [0.25, 0.3) is 0 Å². The maximum atomic E-state index is 12.9. The molecular weight excluding hydrogens is 332 g/mol. The molecule has 2 aromatic rings. The van der Waals surface area contributed by atoms with Crippen molar-refractivity contribution in [3.05, 3.63) is 53.1 Å². The number of rotatable bonds is 8. The lowest BCUT2D eigenvalue weighted by molar-refractivity contribution is 0.104. The molecule has 5 nitrogen and oxygen atoms in total. The molecule has 0 aromatic heterocycles. The molecule has 0 fully saturated rings. The summed E-state index contributed by atoms with van der Waals surface area (Å²) < 4.78 is 21.4. The monoisotopic (exact) mass is 356 g/mol. The number of benzene rings is 2. The molecule has 0 saturated heterocycles. The first-order valence-corrected chi connectivity index (χ1v) is 8.27. The molecule has 0 aliphatic rings. The van der Waals surface area contributed by atoms with Crippen molar-refractivity contribution >= 4 is 11.9 Å². The van der Waals surface area contributed by atoms with E-state index in [1.54, 1.807) is 25.3 Å². The standard InChI is InChI=1S/C21H24O5/c1-6-14-7-10-17(23-2)15(13-14)8-9-16(22)20-18(24-3)11-12-19(25-4)21(20)26-5/h7-13H,6H2,1-5H3/b9-8+. The van der Waals surface area contributed by atoms with Gasteiger partial charge in [0.15, 0.2) is 17.3 Å². The van der Waals surface area contributed by atoms with Crippen LogP contribution in [-0.2, 0) is 6.42 Å². The number of carbonyl (C=O) groups is 1. The first-order chi connectivity index (χ1) is 12.6. The number of hydrogen-bond acceptors (Lipinski definition) is 5. The molecule has 26 heavy (non-hydrogen) atoms. The smallest absolute Gasteiger partial charge is 0.193 e. The molecule has 0 radical (unpaired) electrons. The van der Waals surface area contributed by atoms with Gasteiger partial charge in [0.1, 0.15) is 17.1 Å². The fourth-order valence-electron chi connectivity index (χ4n) is 2.70. The van der Waals surface area contributed by atoms with Crippen LogP contribution in [0.5, 0.6) is 23.0 Å². The van der Waals surface area contributed by atoms with Crippen molar-refractivity contribution in [3.8, 4) is 23.0 Å². The fraction of sp³-hybridized carbons (Fsp3) is 0.286. The van der Waals surface area contributed by atoms with Crippen molar-refractivity contribution in [2.45, 2.75) is 13.3 Å². The Morgan fingerprint density at radius 3 is 2.08 bits per heavy atom. The Bertz CT molecular complexity index is 808. The maximum Gasteiger partial charge on any atom is 0.193 e. The third kappa shape index (κ3) is 3.99. The van der Waals surface area contributed by atoms with E-state index in [0.29, 0.717) is 28.6 Å². The Morgan fingerprint density at radius 2 is 1.50 bits per heavy atom. The Kier molecular flexibility index (Phi) is 6.67.